The van der Waals surface area contributed by atoms with Gasteiger partial charge < -0.3 is 10.5 Å². The largest absolute Gasteiger partial charge is 0.442 e. The average molecular weight is 471 g/mol. The first-order valence-corrected chi connectivity index (χ1v) is 11.8. The normalized spacial score (nSPS) is 28.2. The minimum atomic E-state index is -0.783. The highest BCUT2D eigenvalue weighted by atomic mass is 32.2. The summed E-state index contributed by atoms with van der Waals surface area (Å²) in [4.78, 5) is 18.0. The van der Waals surface area contributed by atoms with Gasteiger partial charge in [0.25, 0.3) is 0 Å². The molecule has 33 heavy (non-hydrogen) atoms. The number of fused-ring (bicyclic) bond motifs is 1. The zero-order chi connectivity index (χ0) is 22.7. The summed E-state index contributed by atoms with van der Waals surface area (Å²) in [5.74, 6) is 1.31. The third-order valence-corrected chi connectivity index (χ3v) is 7.96. The molecule has 6 rings (SSSR count). The Morgan fingerprint density at radius 3 is 2.61 bits per heavy atom. The van der Waals surface area contributed by atoms with Crippen molar-refractivity contribution in [3.8, 4) is 11.1 Å². The summed E-state index contributed by atoms with van der Waals surface area (Å²) in [5, 5.41) is 7.55. The molecule has 3 aliphatic rings. The van der Waals surface area contributed by atoms with Crippen molar-refractivity contribution in [2.24, 2.45) is 17.6 Å². The van der Waals surface area contributed by atoms with E-state index < -0.39 is 29.4 Å². The van der Waals surface area contributed by atoms with E-state index >= 15 is 8.78 Å². The standard InChI is InChI=1S/C22H20F2N6O2S/c23-17-5-13(30-9-14(32-21(30)31)8-29-4-3-27-28-29)6-18(24)20(17)12-1-2-19(26-7-12)22(25)15-10-33-11-16(15)22/h1-7,14-16H,8-11,25H2/t14-,15-,16+,22?/m0/s1. The molecule has 4 heterocycles. The highest BCUT2D eigenvalue weighted by molar-refractivity contribution is 7.99. The van der Waals surface area contributed by atoms with E-state index in [2.05, 4.69) is 15.3 Å². The number of nitrogens with zero attached hydrogens (tertiary/aromatic N) is 5. The minimum Gasteiger partial charge on any atom is -0.442 e. The van der Waals surface area contributed by atoms with Gasteiger partial charge in [0.15, 0.2) is 0 Å². The zero-order valence-electron chi connectivity index (χ0n) is 17.4. The Morgan fingerprint density at radius 1 is 1.21 bits per heavy atom. The summed E-state index contributed by atoms with van der Waals surface area (Å²) in [5.41, 5.74) is 7.09. The van der Waals surface area contributed by atoms with Crippen LogP contribution in [0.1, 0.15) is 5.69 Å². The number of thioether (sulfide) groups is 1. The van der Waals surface area contributed by atoms with Gasteiger partial charge in [0.05, 0.1) is 41.8 Å². The van der Waals surface area contributed by atoms with Crippen LogP contribution in [0.3, 0.4) is 0 Å². The molecule has 2 aromatic heterocycles. The monoisotopic (exact) mass is 470 g/mol. The molecule has 11 heteroatoms. The lowest BCUT2D eigenvalue weighted by Crippen LogP contribution is -2.28. The van der Waals surface area contributed by atoms with Crippen LogP contribution >= 0.6 is 11.8 Å². The van der Waals surface area contributed by atoms with E-state index in [1.54, 1.807) is 18.3 Å². The van der Waals surface area contributed by atoms with Gasteiger partial charge in [-0.25, -0.2) is 18.3 Å². The first-order valence-electron chi connectivity index (χ1n) is 10.6. The molecule has 1 aliphatic carbocycles. The lowest BCUT2D eigenvalue weighted by Gasteiger charge is -2.17. The van der Waals surface area contributed by atoms with E-state index in [4.69, 9.17) is 10.5 Å². The molecule has 1 aromatic carbocycles. The summed E-state index contributed by atoms with van der Waals surface area (Å²) in [7, 11) is 0. The number of ether oxygens (including phenoxy) is 1. The maximum absolute atomic E-state index is 15.0. The predicted molar refractivity (Wildman–Crippen MR) is 117 cm³/mol. The lowest BCUT2D eigenvalue weighted by molar-refractivity contribution is 0.129. The highest BCUT2D eigenvalue weighted by Gasteiger charge is 2.66. The van der Waals surface area contributed by atoms with Crippen LogP contribution in [-0.4, -0.2) is 50.2 Å². The number of aromatic nitrogens is 4. The van der Waals surface area contributed by atoms with Crippen molar-refractivity contribution in [3.05, 3.63) is 60.2 Å². The average Bonchev–Trinajstić information content (AvgIpc) is 3.35. The van der Waals surface area contributed by atoms with Crippen molar-refractivity contribution in [3.63, 3.8) is 0 Å². The molecular formula is C22H20F2N6O2S. The molecule has 0 spiro atoms. The molecule has 1 unspecified atom stereocenters. The van der Waals surface area contributed by atoms with Crippen molar-refractivity contribution in [2.45, 2.75) is 18.2 Å². The number of cyclic esters (lactones) is 1. The fourth-order valence-corrected chi connectivity index (χ4v) is 6.59. The van der Waals surface area contributed by atoms with Gasteiger partial charge in [-0.05, 0) is 41.5 Å². The second-order valence-electron chi connectivity index (χ2n) is 8.64. The van der Waals surface area contributed by atoms with Crippen molar-refractivity contribution >= 4 is 23.5 Å². The summed E-state index contributed by atoms with van der Waals surface area (Å²) < 4.78 is 36.9. The van der Waals surface area contributed by atoms with Crippen LogP contribution in [0.5, 0.6) is 0 Å². The first-order chi connectivity index (χ1) is 15.9. The fourth-order valence-electron chi connectivity index (χ4n) is 4.93. The van der Waals surface area contributed by atoms with Crippen LogP contribution in [-0.2, 0) is 16.8 Å². The maximum atomic E-state index is 15.0. The molecule has 4 atom stereocenters. The molecule has 0 bridgehead atoms. The Morgan fingerprint density at radius 2 is 1.97 bits per heavy atom. The number of amides is 1. The number of pyridine rings is 1. The van der Waals surface area contributed by atoms with Crippen molar-refractivity contribution < 1.29 is 18.3 Å². The van der Waals surface area contributed by atoms with Gasteiger partial charge in [0, 0.05) is 18.0 Å². The number of halogens is 2. The van der Waals surface area contributed by atoms with Crippen molar-refractivity contribution in [1.82, 2.24) is 20.0 Å². The number of anilines is 1. The highest BCUT2D eigenvalue weighted by Crippen LogP contribution is 2.62. The predicted octanol–water partition coefficient (Wildman–Crippen LogP) is 2.79. The summed E-state index contributed by atoms with van der Waals surface area (Å²) in [6.45, 7) is 0.443. The molecule has 3 aromatic rings. The third kappa shape index (κ3) is 3.29. The van der Waals surface area contributed by atoms with E-state index in [1.165, 1.54) is 22.0 Å². The topological polar surface area (TPSA) is 99.2 Å². The molecule has 2 aliphatic heterocycles. The Bertz CT molecular complexity index is 1190. The van der Waals surface area contributed by atoms with Crippen LogP contribution in [0.25, 0.3) is 11.1 Å². The zero-order valence-corrected chi connectivity index (χ0v) is 18.2. The number of benzene rings is 1. The number of rotatable bonds is 5. The van der Waals surface area contributed by atoms with Crippen LogP contribution in [0, 0.1) is 23.5 Å². The molecule has 1 saturated carbocycles. The van der Waals surface area contributed by atoms with Gasteiger partial charge in [-0.3, -0.25) is 9.88 Å². The first kappa shape index (κ1) is 20.5. The summed E-state index contributed by atoms with van der Waals surface area (Å²) >= 11 is 1.89. The Kier molecular flexibility index (Phi) is 4.66. The van der Waals surface area contributed by atoms with Crippen LogP contribution < -0.4 is 10.6 Å². The number of hydrogen-bond donors (Lipinski definition) is 1. The number of carbonyl (C=O) groups excluding carboxylic acids is 1. The van der Waals surface area contributed by atoms with Crippen molar-refractivity contribution in [1.29, 1.82) is 0 Å². The van der Waals surface area contributed by atoms with Gasteiger partial charge in [-0.15, -0.1) is 5.10 Å². The maximum Gasteiger partial charge on any atom is 0.414 e. The molecule has 1 amide bonds. The Balaban J connectivity index is 1.22. The van der Waals surface area contributed by atoms with E-state index in [0.29, 0.717) is 23.9 Å². The van der Waals surface area contributed by atoms with Gasteiger partial charge in [-0.2, -0.15) is 11.8 Å². The molecule has 8 nitrogen and oxygen atoms in total. The number of nitrogens with two attached hydrogens (primary N) is 1. The van der Waals surface area contributed by atoms with Gasteiger partial charge in [-0.1, -0.05) is 11.3 Å². The fraction of sp³-hybridized carbons (Fsp3) is 0.364. The van der Waals surface area contributed by atoms with Gasteiger partial charge >= 0.3 is 6.09 Å². The second kappa shape index (κ2) is 7.49. The Hall–Kier alpha value is -3.05. The second-order valence-corrected chi connectivity index (χ2v) is 9.72. The van der Waals surface area contributed by atoms with Crippen molar-refractivity contribution in [2.75, 3.05) is 23.0 Å². The number of hydrogen-bond acceptors (Lipinski definition) is 7. The molecule has 0 radical (unpaired) electrons. The smallest absolute Gasteiger partial charge is 0.414 e. The molecule has 170 valence electrons. The number of carbonyl (C=O) groups is 1. The van der Waals surface area contributed by atoms with E-state index in [-0.39, 0.29) is 17.8 Å². The SMILES string of the molecule is NC1(c2ccc(-c3c(F)cc(N4C[C@H](Cn5ccnn5)OC4=O)cc3F)cn2)[C@@H]2CSC[C@@H]21. The van der Waals surface area contributed by atoms with Gasteiger partial charge in [0.1, 0.15) is 17.7 Å². The molecular weight excluding hydrogens is 450 g/mol. The van der Waals surface area contributed by atoms with Gasteiger partial charge in [0.2, 0.25) is 0 Å². The minimum absolute atomic E-state index is 0.0913. The van der Waals surface area contributed by atoms with Crippen LogP contribution in [0.4, 0.5) is 19.3 Å². The van der Waals surface area contributed by atoms with E-state index in [0.717, 1.165) is 29.3 Å². The molecule has 2 saturated heterocycles. The van der Waals surface area contributed by atoms with Crippen LogP contribution in [0.15, 0.2) is 42.9 Å². The van der Waals surface area contributed by atoms with E-state index in [9.17, 15) is 4.79 Å². The molecule has 2 N–H and O–H groups in total. The summed E-state index contributed by atoms with van der Waals surface area (Å²) in [6, 6.07) is 5.69. The quantitative estimate of drug-likeness (QED) is 0.612. The summed E-state index contributed by atoms with van der Waals surface area (Å²) in [6.07, 6.45) is 3.45. The Labute approximate surface area is 192 Å². The third-order valence-electron chi connectivity index (χ3n) is 6.77. The lowest BCUT2D eigenvalue weighted by atomic mass is 10.0. The van der Waals surface area contributed by atoms with Crippen LogP contribution in [0.2, 0.25) is 0 Å². The molecule has 3 fully saturated rings. The van der Waals surface area contributed by atoms with E-state index in [1.807, 2.05) is 11.8 Å².